The van der Waals surface area contributed by atoms with Gasteiger partial charge in [-0.3, -0.25) is 4.98 Å². The maximum absolute atomic E-state index is 12.1. The van der Waals surface area contributed by atoms with Gasteiger partial charge in [0.05, 0.1) is 22.6 Å². The quantitative estimate of drug-likeness (QED) is 0.936. The number of carbonyl (C=O) groups excluding carboxylic acids is 1. The third-order valence-corrected chi connectivity index (χ3v) is 4.06. The van der Waals surface area contributed by atoms with Gasteiger partial charge in [0, 0.05) is 18.1 Å². The fourth-order valence-corrected chi connectivity index (χ4v) is 2.88. The van der Waals surface area contributed by atoms with Crippen LogP contribution in [0.15, 0.2) is 36.5 Å². The Hall–Kier alpha value is -1.59. The van der Waals surface area contributed by atoms with Gasteiger partial charge in [0.25, 0.3) is 0 Å². The van der Waals surface area contributed by atoms with Crippen LogP contribution in [-0.4, -0.2) is 23.0 Å². The van der Waals surface area contributed by atoms with Gasteiger partial charge in [-0.15, -0.1) is 11.3 Å². The van der Waals surface area contributed by atoms with Gasteiger partial charge >= 0.3 is 6.03 Å². The van der Waals surface area contributed by atoms with Gasteiger partial charge in [-0.25, -0.2) is 4.79 Å². The summed E-state index contributed by atoms with van der Waals surface area (Å²) in [7, 11) is 1.76. The predicted molar refractivity (Wildman–Crippen MR) is 82.0 cm³/mol. The standard InChI is InChI=1S/C14H16ClN3OS/c1-10(12-5-3-4-8-16-12)17-14(19)18(2)9-11-6-7-13(15)20-11/h3-8,10H,9H2,1-2H3,(H,17,19). The van der Waals surface area contributed by atoms with E-state index in [1.807, 2.05) is 37.3 Å². The number of thiophene rings is 1. The van der Waals surface area contributed by atoms with Gasteiger partial charge in [0.1, 0.15) is 0 Å². The Bertz CT molecular complexity index is 573. The molecule has 0 fully saturated rings. The van der Waals surface area contributed by atoms with E-state index in [1.165, 1.54) is 11.3 Å². The normalized spacial score (nSPS) is 11.9. The van der Waals surface area contributed by atoms with Gasteiger partial charge < -0.3 is 10.2 Å². The van der Waals surface area contributed by atoms with Crippen LogP contribution in [0.25, 0.3) is 0 Å². The molecule has 0 radical (unpaired) electrons. The van der Waals surface area contributed by atoms with Gasteiger partial charge in [0.15, 0.2) is 0 Å². The number of amides is 2. The first kappa shape index (κ1) is 14.8. The third kappa shape index (κ3) is 3.95. The molecule has 1 atom stereocenters. The Morgan fingerprint density at radius 1 is 1.45 bits per heavy atom. The summed E-state index contributed by atoms with van der Waals surface area (Å²) in [4.78, 5) is 19.0. The first-order chi connectivity index (χ1) is 9.56. The highest BCUT2D eigenvalue weighted by Crippen LogP contribution is 2.22. The highest BCUT2D eigenvalue weighted by Gasteiger charge is 2.14. The zero-order valence-corrected chi connectivity index (χ0v) is 12.9. The van der Waals surface area contributed by atoms with Crippen molar-refractivity contribution in [1.82, 2.24) is 15.2 Å². The molecule has 2 rings (SSSR count). The van der Waals surface area contributed by atoms with Crippen molar-refractivity contribution in [3.8, 4) is 0 Å². The van der Waals surface area contributed by atoms with E-state index in [0.717, 1.165) is 14.9 Å². The van der Waals surface area contributed by atoms with Gasteiger partial charge in [-0.2, -0.15) is 0 Å². The second-order valence-electron chi connectivity index (χ2n) is 4.49. The first-order valence-electron chi connectivity index (χ1n) is 6.23. The molecule has 6 heteroatoms. The first-order valence-corrected chi connectivity index (χ1v) is 7.42. The zero-order chi connectivity index (χ0) is 14.5. The Morgan fingerprint density at radius 2 is 2.25 bits per heavy atom. The van der Waals surface area contributed by atoms with E-state index in [9.17, 15) is 4.79 Å². The van der Waals surface area contributed by atoms with Gasteiger partial charge in [-0.05, 0) is 31.2 Å². The largest absolute Gasteiger partial charge is 0.330 e. The molecule has 1 unspecified atom stereocenters. The van der Waals surface area contributed by atoms with Crippen LogP contribution in [0.4, 0.5) is 4.79 Å². The van der Waals surface area contributed by atoms with Crippen molar-refractivity contribution >= 4 is 29.0 Å². The molecule has 1 N–H and O–H groups in total. The SMILES string of the molecule is CC(NC(=O)N(C)Cc1ccc(Cl)s1)c1ccccn1. The summed E-state index contributed by atoms with van der Waals surface area (Å²) in [6.07, 6.45) is 1.72. The molecule has 0 bridgehead atoms. The molecule has 0 aliphatic rings. The third-order valence-electron chi connectivity index (χ3n) is 2.84. The van der Waals surface area contributed by atoms with Crippen molar-refractivity contribution in [2.24, 2.45) is 0 Å². The second-order valence-corrected chi connectivity index (χ2v) is 6.29. The van der Waals surface area contributed by atoms with E-state index in [1.54, 1.807) is 18.1 Å². The number of carbonyl (C=O) groups is 1. The Labute approximate surface area is 127 Å². The van der Waals surface area contributed by atoms with Crippen molar-refractivity contribution in [3.05, 3.63) is 51.4 Å². The lowest BCUT2D eigenvalue weighted by molar-refractivity contribution is 0.203. The molecule has 2 heterocycles. The number of nitrogens with one attached hydrogen (secondary N) is 1. The lowest BCUT2D eigenvalue weighted by Crippen LogP contribution is -2.38. The second kappa shape index (κ2) is 6.72. The van der Waals surface area contributed by atoms with Crippen LogP contribution in [-0.2, 0) is 6.54 Å². The number of hydrogen-bond acceptors (Lipinski definition) is 3. The van der Waals surface area contributed by atoms with E-state index < -0.39 is 0 Å². The van der Waals surface area contributed by atoms with Crippen LogP contribution in [0.2, 0.25) is 4.34 Å². The molecule has 2 aromatic rings. The van der Waals surface area contributed by atoms with E-state index >= 15 is 0 Å². The summed E-state index contributed by atoms with van der Waals surface area (Å²) in [6, 6.07) is 9.16. The molecule has 4 nitrogen and oxygen atoms in total. The number of aromatic nitrogens is 1. The van der Waals surface area contributed by atoms with E-state index in [0.29, 0.717) is 6.54 Å². The van der Waals surface area contributed by atoms with Crippen molar-refractivity contribution in [2.45, 2.75) is 19.5 Å². The molecular weight excluding hydrogens is 294 g/mol. The molecule has 0 aliphatic heterocycles. The molecule has 0 saturated heterocycles. The molecule has 0 aromatic carbocycles. The number of hydrogen-bond donors (Lipinski definition) is 1. The average molecular weight is 310 g/mol. The molecule has 106 valence electrons. The van der Waals surface area contributed by atoms with Crippen LogP contribution in [0.5, 0.6) is 0 Å². The highest BCUT2D eigenvalue weighted by molar-refractivity contribution is 7.16. The molecule has 0 aliphatic carbocycles. The Kier molecular flexibility index (Phi) is 4.98. The number of pyridine rings is 1. The van der Waals surface area contributed by atoms with Crippen molar-refractivity contribution in [1.29, 1.82) is 0 Å². The lowest BCUT2D eigenvalue weighted by Gasteiger charge is -2.20. The summed E-state index contributed by atoms with van der Waals surface area (Å²) >= 11 is 7.36. The van der Waals surface area contributed by atoms with Crippen molar-refractivity contribution < 1.29 is 4.79 Å². The lowest BCUT2D eigenvalue weighted by atomic mass is 10.2. The maximum atomic E-state index is 12.1. The summed E-state index contributed by atoms with van der Waals surface area (Å²) in [6.45, 7) is 2.45. The summed E-state index contributed by atoms with van der Waals surface area (Å²) in [5, 5.41) is 2.92. The smallest absolute Gasteiger partial charge is 0.317 e. The number of halogens is 1. The Balaban J connectivity index is 1.91. The Morgan fingerprint density at radius 3 is 2.85 bits per heavy atom. The van der Waals surface area contributed by atoms with Crippen LogP contribution in [0.1, 0.15) is 23.5 Å². The van der Waals surface area contributed by atoms with Crippen molar-refractivity contribution in [3.63, 3.8) is 0 Å². The molecule has 20 heavy (non-hydrogen) atoms. The topological polar surface area (TPSA) is 45.2 Å². The van der Waals surface area contributed by atoms with E-state index in [4.69, 9.17) is 11.6 Å². The molecule has 0 saturated carbocycles. The van der Waals surface area contributed by atoms with Crippen LogP contribution >= 0.6 is 22.9 Å². The summed E-state index contributed by atoms with van der Waals surface area (Å²) in [5.74, 6) is 0. The maximum Gasteiger partial charge on any atom is 0.317 e. The van der Waals surface area contributed by atoms with Gasteiger partial charge in [0.2, 0.25) is 0 Å². The highest BCUT2D eigenvalue weighted by atomic mass is 35.5. The fraction of sp³-hybridized carbons (Fsp3) is 0.286. The molecule has 0 spiro atoms. The van der Waals surface area contributed by atoms with Crippen LogP contribution in [0, 0.1) is 0 Å². The van der Waals surface area contributed by atoms with Crippen LogP contribution < -0.4 is 5.32 Å². The van der Waals surface area contributed by atoms with Gasteiger partial charge in [-0.1, -0.05) is 17.7 Å². The minimum absolute atomic E-state index is 0.127. The molecule has 2 amide bonds. The van der Waals surface area contributed by atoms with E-state index in [-0.39, 0.29) is 12.1 Å². The van der Waals surface area contributed by atoms with Crippen molar-refractivity contribution in [2.75, 3.05) is 7.05 Å². The minimum atomic E-state index is -0.132. The average Bonchev–Trinajstić information content (AvgIpc) is 2.85. The number of urea groups is 1. The fourth-order valence-electron chi connectivity index (χ4n) is 1.74. The van der Waals surface area contributed by atoms with Crippen LogP contribution in [0.3, 0.4) is 0 Å². The molecule has 2 aromatic heterocycles. The summed E-state index contributed by atoms with van der Waals surface area (Å²) in [5.41, 5.74) is 0.841. The minimum Gasteiger partial charge on any atom is -0.330 e. The summed E-state index contributed by atoms with van der Waals surface area (Å²) < 4.78 is 0.732. The predicted octanol–water partition coefficient (Wildman–Crippen LogP) is 3.70. The van der Waals surface area contributed by atoms with E-state index in [2.05, 4.69) is 10.3 Å². The molecular formula is C14H16ClN3OS. The monoisotopic (exact) mass is 309 g/mol. The zero-order valence-electron chi connectivity index (χ0n) is 11.3. The number of rotatable bonds is 4. The number of nitrogens with zero attached hydrogens (tertiary/aromatic N) is 2.